The number of hydrogen-bond donors (Lipinski definition) is 3. The Bertz CT molecular complexity index is 533. The fraction of sp³-hybridized carbons (Fsp3) is 0.182. The Morgan fingerprint density at radius 3 is 3.00 bits per heavy atom. The summed E-state index contributed by atoms with van der Waals surface area (Å²) < 4.78 is 0.968. The number of aromatic nitrogens is 1. The van der Waals surface area contributed by atoms with E-state index < -0.39 is 6.04 Å². The van der Waals surface area contributed by atoms with Crippen molar-refractivity contribution in [2.24, 2.45) is 5.73 Å². The molecule has 84 valence electrons. The molecule has 1 heterocycles. The number of nitrogens with two attached hydrogens (primary N) is 1. The lowest BCUT2D eigenvalue weighted by Crippen LogP contribution is -2.32. The second kappa shape index (κ2) is 4.27. The Balaban J connectivity index is 2.38. The molecule has 2 rings (SSSR count). The maximum atomic E-state index is 11.5. The Morgan fingerprint density at radius 2 is 2.31 bits per heavy atom. The highest BCUT2D eigenvalue weighted by Crippen LogP contribution is 2.26. The van der Waals surface area contributed by atoms with E-state index in [0.717, 1.165) is 21.1 Å². The van der Waals surface area contributed by atoms with Crippen molar-refractivity contribution in [3.8, 4) is 0 Å². The summed E-state index contributed by atoms with van der Waals surface area (Å²) in [5.74, 6) is -0.194. The van der Waals surface area contributed by atoms with E-state index in [1.165, 1.54) is 0 Å². The summed E-state index contributed by atoms with van der Waals surface area (Å²) in [4.78, 5) is 14.6. The summed E-state index contributed by atoms with van der Waals surface area (Å²) in [5, 5.41) is 3.74. The molecule has 0 aliphatic heterocycles. The fourth-order valence-electron chi connectivity index (χ4n) is 1.44. The van der Waals surface area contributed by atoms with Crippen molar-refractivity contribution >= 4 is 38.4 Å². The number of carbonyl (C=O) groups excluding carboxylic acids is 1. The van der Waals surface area contributed by atoms with Crippen molar-refractivity contribution in [2.75, 3.05) is 5.32 Å². The van der Waals surface area contributed by atoms with E-state index in [-0.39, 0.29) is 5.91 Å². The van der Waals surface area contributed by atoms with Crippen LogP contribution in [0.5, 0.6) is 0 Å². The van der Waals surface area contributed by atoms with Gasteiger partial charge in [-0.15, -0.1) is 0 Å². The maximum absolute atomic E-state index is 11.5. The van der Waals surface area contributed by atoms with E-state index in [2.05, 4.69) is 26.2 Å². The van der Waals surface area contributed by atoms with E-state index in [0.29, 0.717) is 0 Å². The zero-order chi connectivity index (χ0) is 11.7. The predicted octanol–water partition coefficient (Wildman–Crippen LogP) is 2.22. The molecular weight excluding hydrogens is 270 g/mol. The molecule has 4 nitrogen and oxygen atoms in total. The fourth-order valence-corrected chi connectivity index (χ4v) is 1.80. The summed E-state index contributed by atoms with van der Waals surface area (Å²) >= 11 is 3.40. The lowest BCUT2D eigenvalue weighted by atomic mass is 10.2. The monoisotopic (exact) mass is 281 g/mol. The number of benzene rings is 1. The van der Waals surface area contributed by atoms with Crippen LogP contribution in [0, 0.1) is 0 Å². The maximum Gasteiger partial charge on any atom is 0.241 e. The molecule has 2 aromatic rings. The number of hydrogen-bond acceptors (Lipinski definition) is 2. The molecule has 1 atom stereocenters. The first-order chi connectivity index (χ1) is 7.58. The van der Waals surface area contributed by atoms with Gasteiger partial charge in [0, 0.05) is 21.6 Å². The van der Waals surface area contributed by atoms with Gasteiger partial charge in [-0.05, 0) is 25.1 Å². The first-order valence-electron chi connectivity index (χ1n) is 4.91. The van der Waals surface area contributed by atoms with Crippen molar-refractivity contribution in [3.63, 3.8) is 0 Å². The summed E-state index contributed by atoms with van der Waals surface area (Å²) in [6, 6.07) is 5.32. The van der Waals surface area contributed by atoms with Gasteiger partial charge in [0.15, 0.2) is 0 Å². The minimum Gasteiger partial charge on any atom is -0.359 e. The Morgan fingerprint density at radius 1 is 1.56 bits per heavy atom. The number of carbonyl (C=O) groups is 1. The van der Waals surface area contributed by atoms with E-state index in [4.69, 9.17) is 5.73 Å². The van der Waals surface area contributed by atoms with Gasteiger partial charge in [-0.1, -0.05) is 15.9 Å². The first-order valence-corrected chi connectivity index (χ1v) is 5.70. The molecule has 0 spiro atoms. The molecule has 1 aromatic carbocycles. The van der Waals surface area contributed by atoms with Crippen LogP contribution in [0.15, 0.2) is 28.9 Å². The van der Waals surface area contributed by atoms with Gasteiger partial charge < -0.3 is 16.0 Å². The molecule has 0 saturated carbocycles. The second-order valence-corrected chi connectivity index (χ2v) is 4.59. The van der Waals surface area contributed by atoms with Gasteiger partial charge in [0.05, 0.1) is 11.7 Å². The van der Waals surface area contributed by atoms with Gasteiger partial charge in [-0.2, -0.15) is 0 Å². The third-order valence-corrected chi connectivity index (χ3v) is 2.81. The van der Waals surface area contributed by atoms with Gasteiger partial charge >= 0.3 is 0 Å². The van der Waals surface area contributed by atoms with Crippen LogP contribution in [0.4, 0.5) is 5.69 Å². The van der Waals surface area contributed by atoms with Gasteiger partial charge in [0.1, 0.15) is 0 Å². The average Bonchev–Trinajstić information content (AvgIpc) is 2.61. The minimum atomic E-state index is -0.517. The molecule has 0 bridgehead atoms. The van der Waals surface area contributed by atoms with Gasteiger partial charge in [-0.3, -0.25) is 4.79 Å². The molecule has 1 amide bonds. The lowest BCUT2D eigenvalue weighted by molar-refractivity contribution is -0.117. The third-order valence-electron chi connectivity index (χ3n) is 2.32. The van der Waals surface area contributed by atoms with E-state index >= 15 is 0 Å². The topological polar surface area (TPSA) is 70.9 Å². The minimum absolute atomic E-state index is 0.194. The number of halogens is 1. The summed E-state index contributed by atoms with van der Waals surface area (Å²) in [7, 11) is 0. The van der Waals surface area contributed by atoms with E-state index in [1.807, 2.05) is 18.2 Å². The summed E-state index contributed by atoms with van der Waals surface area (Å²) in [6.45, 7) is 1.65. The molecule has 1 aromatic heterocycles. The van der Waals surface area contributed by atoms with Crippen LogP contribution in [0.3, 0.4) is 0 Å². The molecule has 0 unspecified atom stereocenters. The van der Waals surface area contributed by atoms with Crippen molar-refractivity contribution in [1.29, 1.82) is 0 Å². The van der Waals surface area contributed by atoms with Crippen molar-refractivity contribution in [3.05, 3.63) is 28.9 Å². The van der Waals surface area contributed by atoms with Crippen LogP contribution < -0.4 is 11.1 Å². The molecule has 0 radical (unpaired) electrons. The van der Waals surface area contributed by atoms with Crippen LogP contribution >= 0.6 is 15.9 Å². The van der Waals surface area contributed by atoms with E-state index in [1.54, 1.807) is 13.1 Å². The molecule has 0 aliphatic carbocycles. The molecule has 4 N–H and O–H groups in total. The zero-order valence-corrected chi connectivity index (χ0v) is 10.3. The van der Waals surface area contributed by atoms with Crippen molar-refractivity contribution < 1.29 is 4.79 Å². The standard InChI is InChI=1S/C11H12BrN3O/c1-6(13)11(16)15-10-5-14-9-3-2-7(12)4-8(9)10/h2-6,14H,13H2,1H3,(H,15,16)/t6-/m0/s1. The number of H-pyrrole nitrogens is 1. The Kier molecular flexibility index (Phi) is 2.98. The molecule has 5 heteroatoms. The smallest absolute Gasteiger partial charge is 0.241 e. The zero-order valence-electron chi connectivity index (χ0n) is 8.75. The summed E-state index contributed by atoms with van der Waals surface area (Å²) in [6.07, 6.45) is 1.76. The van der Waals surface area contributed by atoms with Crippen LogP contribution in [0.1, 0.15) is 6.92 Å². The van der Waals surface area contributed by atoms with Gasteiger partial charge in [0.2, 0.25) is 5.91 Å². The third kappa shape index (κ3) is 2.10. The predicted molar refractivity (Wildman–Crippen MR) is 68.3 cm³/mol. The first kappa shape index (κ1) is 11.2. The molecular formula is C11H12BrN3O. The lowest BCUT2D eigenvalue weighted by Gasteiger charge is -2.06. The number of aromatic amines is 1. The van der Waals surface area contributed by atoms with Crippen LogP contribution in [-0.4, -0.2) is 16.9 Å². The number of rotatable bonds is 2. The van der Waals surface area contributed by atoms with E-state index in [9.17, 15) is 4.79 Å². The van der Waals surface area contributed by atoms with Crippen LogP contribution in [0.25, 0.3) is 10.9 Å². The molecule has 0 saturated heterocycles. The SMILES string of the molecule is C[C@H](N)C(=O)Nc1c[nH]c2ccc(Br)cc12. The number of amides is 1. The largest absolute Gasteiger partial charge is 0.359 e. The summed E-state index contributed by atoms with van der Waals surface area (Å²) in [5.41, 5.74) is 7.22. The highest BCUT2D eigenvalue weighted by Gasteiger charge is 2.10. The Hall–Kier alpha value is -1.33. The second-order valence-electron chi connectivity index (χ2n) is 3.67. The highest BCUT2D eigenvalue weighted by molar-refractivity contribution is 9.10. The average molecular weight is 282 g/mol. The normalized spacial score (nSPS) is 12.7. The molecule has 0 aliphatic rings. The van der Waals surface area contributed by atoms with Crippen molar-refractivity contribution in [1.82, 2.24) is 4.98 Å². The highest BCUT2D eigenvalue weighted by atomic mass is 79.9. The van der Waals surface area contributed by atoms with Crippen molar-refractivity contribution in [2.45, 2.75) is 13.0 Å². The molecule has 0 fully saturated rings. The van der Waals surface area contributed by atoms with Crippen LogP contribution in [-0.2, 0) is 4.79 Å². The Labute approximate surface area is 101 Å². The van der Waals surface area contributed by atoms with Crippen LogP contribution in [0.2, 0.25) is 0 Å². The molecule has 16 heavy (non-hydrogen) atoms. The quantitative estimate of drug-likeness (QED) is 0.790. The number of fused-ring (bicyclic) bond motifs is 1. The number of nitrogens with one attached hydrogen (secondary N) is 2. The van der Waals surface area contributed by atoms with Gasteiger partial charge in [-0.25, -0.2) is 0 Å². The number of anilines is 1. The van der Waals surface area contributed by atoms with Gasteiger partial charge in [0.25, 0.3) is 0 Å².